The number of hydrogen-bond donors (Lipinski definition) is 1. The Morgan fingerprint density at radius 1 is 1.27 bits per heavy atom. The molecule has 1 amide bonds. The maximum absolute atomic E-state index is 12.5. The Labute approximate surface area is 142 Å². The Bertz CT molecular complexity index is 294. The van der Waals surface area contributed by atoms with E-state index in [1.807, 2.05) is 0 Å². The van der Waals surface area contributed by atoms with Gasteiger partial charge < -0.3 is 15.0 Å². The number of halogens is 1. The largest absolute Gasteiger partial charge is 0.378 e. The van der Waals surface area contributed by atoms with Crippen LogP contribution in [-0.4, -0.2) is 49.2 Å². The smallest absolute Gasteiger partial charge is 0.225 e. The first kappa shape index (κ1) is 21.7. The monoisotopic (exact) mass is 334 g/mol. The number of carbonyl (C=O) groups excluding carboxylic acids is 1. The zero-order chi connectivity index (χ0) is 15.7. The Hall–Kier alpha value is -0.320. The lowest BCUT2D eigenvalue weighted by Gasteiger charge is -2.34. The van der Waals surface area contributed by atoms with Crippen LogP contribution in [0.3, 0.4) is 0 Å². The molecule has 132 valence electrons. The maximum atomic E-state index is 12.5. The Kier molecular flexibility index (Phi) is 12.0. The van der Waals surface area contributed by atoms with E-state index in [0.29, 0.717) is 25.0 Å². The first-order valence-electron chi connectivity index (χ1n) is 8.66. The zero-order valence-electron chi connectivity index (χ0n) is 14.8. The lowest BCUT2D eigenvalue weighted by molar-refractivity contribution is -0.135. The summed E-state index contributed by atoms with van der Waals surface area (Å²) < 4.78 is 5.78. The summed E-state index contributed by atoms with van der Waals surface area (Å²) in [7, 11) is 0. The molecule has 1 N–H and O–H groups in total. The van der Waals surface area contributed by atoms with Crippen molar-refractivity contribution in [2.24, 2.45) is 5.92 Å². The van der Waals surface area contributed by atoms with Crippen molar-refractivity contribution < 1.29 is 9.53 Å². The van der Waals surface area contributed by atoms with Crippen molar-refractivity contribution in [1.29, 1.82) is 0 Å². The third-order valence-electron chi connectivity index (χ3n) is 4.06. The van der Waals surface area contributed by atoms with Gasteiger partial charge in [-0.3, -0.25) is 4.79 Å². The van der Waals surface area contributed by atoms with Gasteiger partial charge in [0.25, 0.3) is 0 Å². The van der Waals surface area contributed by atoms with Gasteiger partial charge in [-0.15, -0.1) is 12.4 Å². The van der Waals surface area contributed by atoms with E-state index < -0.39 is 0 Å². The SMILES string of the molecule is CCCN(C(=O)CCOC(C)CC(C)C)C1CCNCC1.Cl. The fraction of sp³-hybridized carbons (Fsp3) is 0.941. The van der Waals surface area contributed by atoms with Crippen molar-refractivity contribution in [2.75, 3.05) is 26.2 Å². The molecule has 1 unspecified atom stereocenters. The van der Waals surface area contributed by atoms with Crippen LogP contribution in [0.2, 0.25) is 0 Å². The minimum Gasteiger partial charge on any atom is -0.378 e. The molecule has 0 aromatic heterocycles. The number of amides is 1. The van der Waals surface area contributed by atoms with E-state index in [1.54, 1.807) is 0 Å². The number of nitrogens with zero attached hydrogens (tertiary/aromatic N) is 1. The molecule has 22 heavy (non-hydrogen) atoms. The van der Waals surface area contributed by atoms with Crippen molar-refractivity contribution in [3.8, 4) is 0 Å². The predicted molar refractivity (Wildman–Crippen MR) is 94.6 cm³/mol. The second kappa shape index (κ2) is 12.1. The summed E-state index contributed by atoms with van der Waals surface area (Å²) in [4.78, 5) is 14.6. The molecule has 4 nitrogen and oxygen atoms in total. The number of hydrogen-bond acceptors (Lipinski definition) is 3. The van der Waals surface area contributed by atoms with Gasteiger partial charge in [0.2, 0.25) is 5.91 Å². The van der Waals surface area contributed by atoms with Gasteiger partial charge in [0.05, 0.1) is 19.1 Å². The first-order chi connectivity index (χ1) is 10.0. The molecule has 0 radical (unpaired) electrons. The van der Waals surface area contributed by atoms with Crippen LogP contribution in [0, 0.1) is 5.92 Å². The summed E-state index contributed by atoms with van der Waals surface area (Å²) in [6.07, 6.45) is 5.01. The fourth-order valence-electron chi connectivity index (χ4n) is 3.09. The number of piperidine rings is 1. The van der Waals surface area contributed by atoms with Crippen LogP contribution in [-0.2, 0) is 9.53 Å². The third kappa shape index (κ3) is 8.35. The predicted octanol–water partition coefficient (Wildman–Crippen LogP) is 3.24. The molecule has 0 aliphatic carbocycles. The Morgan fingerprint density at radius 3 is 2.45 bits per heavy atom. The first-order valence-corrected chi connectivity index (χ1v) is 8.66. The Morgan fingerprint density at radius 2 is 1.91 bits per heavy atom. The lowest BCUT2D eigenvalue weighted by atomic mass is 10.0. The van der Waals surface area contributed by atoms with Gasteiger partial charge in [0.15, 0.2) is 0 Å². The van der Waals surface area contributed by atoms with Crippen molar-refractivity contribution in [2.45, 2.75) is 71.9 Å². The van der Waals surface area contributed by atoms with E-state index >= 15 is 0 Å². The molecule has 1 rings (SSSR count). The van der Waals surface area contributed by atoms with Crippen LogP contribution < -0.4 is 5.32 Å². The topological polar surface area (TPSA) is 41.6 Å². The van der Waals surface area contributed by atoms with E-state index in [9.17, 15) is 4.79 Å². The molecule has 0 aromatic carbocycles. The molecule has 0 aromatic rings. The number of rotatable bonds is 9. The second-order valence-corrected chi connectivity index (χ2v) is 6.63. The summed E-state index contributed by atoms with van der Waals surface area (Å²) in [5.41, 5.74) is 0. The summed E-state index contributed by atoms with van der Waals surface area (Å²) in [6, 6.07) is 0.423. The summed E-state index contributed by atoms with van der Waals surface area (Å²) in [5, 5.41) is 3.36. The van der Waals surface area contributed by atoms with Crippen LogP contribution in [0.15, 0.2) is 0 Å². The van der Waals surface area contributed by atoms with E-state index in [0.717, 1.165) is 45.3 Å². The van der Waals surface area contributed by atoms with Gasteiger partial charge in [-0.25, -0.2) is 0 Å². The van der Waals surface area contributed by atoms with Crippen molar-refractivity contribution in [3.63, 3.8) is 0 Å². The average molecular weight is 335 g/mol. The highest BCUT2D eigenvalue weighted by Crippen LogP contribution is 2.14. The standard InChI is InChI=1S/C17H34N2O2.ClH/c1-5-11-19(16-6-9-18-10-7-16)17(20)8-12-21-15(4)13-14(2)3;/h14-16,18H,5-13H2,1-4H3;1H. The van der Waals surface area contributed by atoms with Crippen molar-refractivity contribution in [3.05, 3.63) is 0 Å². The zero-order valence-corrected chi connectivity index (χ0v) is 15.6. The van der Waals surface area contributed by atoms with Crippen LogP contribution in [0.5, 0.6) is 0 Å². The molecular weight excluding hydrogens is 300 g/mol. The van der Waals surface area contributed by atoms with Gasteiger partial charge in [-0.05, 0) is 51.6 Å². The van der Waals surface area contributed by atoms with Gasteiger partial charge in [0.1, 0.15) is 0 Å². The van der Waals surface area contributed by atoms with Crippen LogP contribution in [0.1, 0.15) is 59.8 Å². The van der Waals surface area contributed by atoms with E-state index in [2.05, 4.69) is 37.9 Å². The molecule has 0 saturated carbocycles. The normalized spacial score (nSPS) is 17.1. The number of nitrogens with one attached hydrogen (secondary N) is 1. The molecule has 1 fully saturated rings. The molecule has 1 saturated heterocycles. The highest BCUT2D eigenvalue weighted by Gasteiger charge is 2.24. The second-order valence-electron chi connectivity index (χ2n) is 6.63. The van der Waals surface area contributed by atoms with Gasteiger partial charge in [-0.1, -0.05) is 20.8 Å². The van der Waals surface area contributed by atoms with Gasteiger partial charge >= 0.3 is 0 Å². The Balaban J connectivity index is 0.00000441. The van der Waals surface area contributed by atoms with Crippen LogP contribution >= 0.6 is 12.4 Å². The van der Waals surface area contributed by atoms with E-state index in [-0.39, 0.29) is 24.4 Å². The maximum Gasteiger partial charge on any atom is 0.225 e. The van der Waals surface area contributed by atoms with Gasteiger partial charge in [0, 0.05) is 12.6 Å². The minimum absolute atomic E-state index is 0. The molecule has 1 aliphatic heterocycles. The van der Waals surface area contributed by atoms with E-state index in [1.165, 1.54) is 0 Å². The molecular formula is C17H35ClN2O2. The van der Waals surface area contributed by atoms with Gasteiger partial charge in [-0.2, -0.15) is 0 Å². The molecule has 0 spiro atoms. The van der Waals surface area contributed by atoms with Crippen molar-refractivity contribution >= 4 is 18.3 Å². The van der Waals surface area contributed by atoms with Crippen molar-refractivity contribution in [1.82, 2.24) is 10.2 Å². The molecule has 1 aliphatic rings. The molecule has 1 atom stereocenters. The third-order valence-corrected chi connectivity index (χ3v) is 4.06. The van der Waals surface area contributed by atoms with Crippen LogP contribution in [0.4, 0.5) is 0 Å². The fourth-order valence-corrected chi connectivity index (χ4v) is 3.09. The highest BCUT2D eigenvalue weighted by atomic mass is 35.5. The molecule has 1 heterocycles. The quantitative estimate of drug-likeness (QED) is 0.703. The minimum atomic E-state index is 0. The average Bonchev–Trinajstić information content (AvgIpc) is 2.44. The van der Waals surface area contributed by atoms with E-state index in [4.69, 9.17) is 4.74 Å². The van der Waals surface area contributed by atoms with Crippen LogP contribution in [0.25, 0.3) is 0 Å². The summed E-state index contributed by atoms with van der Waals surface area (Å²) >= 11 is 0. The highest BCUT2D eigenvalue weighted by molar-refractivity contribution is 5.85. The lowest BCUT2D eigenvalue weighted by Crippen LogP contribution is -2.46. The number of ether oxygens (including phenoxy) is 1. The summed E-state index contributed by atoms with van der Waals surface area (Å²) in [6.45, 7) is 12.1. The number of carbonyl (C=O) groups is 1. The summed E-state index contributed by atoms with van der Waals surface area (Å²) in [5.74, 6) is 0.905. The molecule has 0 bridgehead atoms. The molecule has 5 heteroatoms.